The zero-order valence-corrected chi connectivity index (χ0v) is 16.2. The molecular weight excluding hydrogens is 368 g/mol. The molecule has 0 saturated carbocycles. The summed E-state index contributed by atoms with van der Waals surface area (Å²) in [5, 5.41) is 12.2. The first-order valence-corrected chi connectivity index (χ1v) is 9.83. The highest BCUT2D eigenvalue weighted by molar-refractivity contribution is 5.91. The molecule has 1 aliphatic rings. The average molecular weight is 386 g/mol. The molecule has 0 aliphatic carbocycles. The first-order chi connectivity index (χ1) is 14.8. The fourth-order valence-corrected chi connectivity index (χ4v) is 3.90. The van der Waals surface area contributed by atoms with Gasteiger partial charge in [-0.15, -0.1) is 0 Å². The minimum atomic E-state index is -0.229. The molecule has 0 bridgehead atoms. The van der Waals surface area contributed by atoms with Crippen LogP contribution in [0, 0.1) is 11.3 Å². The molecule has 0 saturated heterocycles. The van der Waals surface area contributed by atoms with Gasteiger partial charge in [-0.1, -0.05) is 97.1 Å². The van der Waals surface area contributed by atoms with Crippen LogP contribution in [0.3, 0.4) is 0 Å². The highest BCUT2D eigenvalue weighted by atomic mass is 16.5. The molecule has 1 unspecified atom stereocenters. The Morgan fingerprint density at radius 1 is 0.800 bits per heavy atom. The molecule has 4 aromatic carbocycles. The number of nitriles is 1. The Balaban J connectivity index is 1.72. The Hall–Kier alpha value is -4.16. The van der Waals surface area contributed by atoms with Crippen LogP contribution in [0.1, 0.15) is 22.6 Å². The third kappa shape index (κ3) is 3.15. The van der Waals surface area contributed by atoms with Crippen molar-refractivity contribution in [3.05, 3.63) is 125 Å². The zero-order valence-electron chi connectivity index (χ0n) is 16.2. The van der Waals surface area contributed by atoms with Crippen LogP contribution in [0.25, 0.3) is 10.8 Å². The lowest BCUT2D eigenvalue weighted by Crippen LogP contribution is -2.16. The molecule has 1 aliphatic heterocycles. The molecule has 3 heteroatoms. The Morgan fingerprint density at radius 3 is 2.27 bits per heavy atom. The normalized spacial score (nSPS) is 15.6. The summed E-state index contributed by atoms with van der Waals surface area (Å²) in [5.74, 6) is 0.882. The van der Waals surface area contributed by atoms with E-state index in [1.165, 1.54) is 0 Å². The SMILES string of the molecule is N#CC1=C(/N=C/c2ccccc2)Oc2c(ccc3ccccc23)C1c1ccccc1. The van der Waals surface area contributed by atoms with E-state index in [0.717, 1.165) is 33.2 Å². The first-order valence-electron chi connectivity index (χ1n) is 9.83. The Labute approximate surface area is 175 Å². The summed E-state index contributed by atoms with van der Waals surface area (Å²) >= 11 is 0. The largest absolute Gasteiger partial charge is 0.437 e. The molecule has 30 heavy (non-hydrogen) atoms. The van der Waals surface area contributed by atoms with Gasteiger partial charge in [-0.25, -0.2) is 4.99 Å². The minimum absolute atomic E-state index is 0.229. The second-order valence-electron chi connectivity index (χ2n) is 7.15. The number of aliphatic imine (C=N–C) groups is 1. The quantitative estimate of drug-likeness (QED) is 0.392. The van der Waals surface area contributed by atoms with Gasteiger partial charge in [0.05, 0.1) is 5.92 Å². The topological polar surface area (TPSA) is 45.4 Å². The van der Waals surface area contributed by atoms with Crippen molar-refractivity contribution in [2.75, 3.05) is 0 Å². The Bertz CT molecular complexity index is 1320. The maximum atomic E-state index is 10.1. The summed E-state index contributed by atoms with van der Waals surface area (Å²) in [6, 6.07) is 34.5. The van der Waals surface area contributed by atoms with Gasteiger partial charge in [-0.3, -0.25) is 0 Å². The molecule has 0 radical (unpaired) electrons. The number of hydrogen-bond acceptors (Lipinski definition) is 3. The molecule has 1 atom stereocenters. The minimum Gasteiger partial charge on any atom is -0.437 e. The van der Waals surface area contributed by atoms with Crippen molar-refractivity contribution in [1.82, 2.24) is 0 Å². The van der Waals surface area contributed by atoms with Gasteiger partial charge in [-0.05, 0) is 16.5 Å². The zero-order chi connectivity index (χ0) is 20.3. The van der Waals surface area contributed by atoms with Crippen molar-refractivity contribution in [3.63, 3.8) is 0 Å². The predicted molar refractivity (Wildman–Crippen MR) is 120 cm³/mol. The molecule has 0 aromatic heterocycles. The molecule has 0 spiro atoms. The van der Waals surface area contributed by atoms with Crippen molar-refractivity contribution < 1.29 is 4.74 Å². The molecule has 5 rings (SSSR count). The fourth-order valence-electron chi connectivity index (χ4n) is 3.90. The average Bonchev–Trinajstić information content (AvgIpc) is 2.82. The smallest absolute Gasteiger partial charge is 0.234 e. The molecule has 4 aromatic rings. The van der Waals surface area contributed by atoms with Gasteiger partial charge in [0.2, 0.25) is 5.88 Å². The standard InChI is InChI=1S/C27H18N2O/c28-17-24-25(21-12-5-2-6-13-21)23-16-15-20-11-7-8-14-22(20)26(23)30-27(24)29-18-19-9-3-1-4-10-19/h1-16,18,25H/b29-18+. The van der Waals surface area contributed by atoms with Crippen LogP contribution in [-0.4, -0.2) is 6.21 Å². The summed E-state index contributed by atoms with van der Waals surface area (Å²) in [6.07, 6.45) is 1.74. The second kappa shape index (κ2) is 7.69. The summed E-state index contributed by atoms with van der Waals surface area (Å²) in [6.45, 7) is 0. The van der Waals surface area contributed by atoms with E-state index in [0.29, 0.717) is 11.5 Å². The number of nitrogens with zero attached hydrogens (tertiary/aromatic N) is 2. The van der Waals surface area contributed by atoms with E-state index in [1.807, 2.05) is 78.9 Å². The summed E-state index contributed by atoms with van der Waals surface area (Å²) in [4.78, 5) is 4.60. The lowest BCUT2D eigenvalue weighted by atomic mass is 9.82. The van der Waals surface area contributed by atoms with E-state index in [-0.39, 0.29) is 5.92 Å². The van der Waals surface area contributed by atoms with Crippen LogP contribution in [0.5, 0.6) is 5.75 Å². The third-order valence-electron chi connectivity index (χ3n) is 5.32. The van der Waals surface area contributed by atoms with Crippen molar-refractivity contribution in [2.45, 2.75) is 5.92 Å². The molecule has 0 N–H and O–H groups in total. The van der Waals surface area contributed by atoms with Crippen LogP contribution in [0.15, 0.2) is 114 Å². The maximum Gasteiger partial charge on any atom is 0.234 e. The van der Waals surface area contributed by atoms with Gasteiger partial charge < -0.3 is 4.74 Å². The van der Waals surface area contributed by atoms with Crippen LogP contribution < -0.4 is 4.74 Å². The third-order valence-corrected chi connectivity index (χ3v) is 5.32. The van der Waals surface area contributed by atoms with E-state index in [1.54, 1.807) is 6.21 Å². The van der Waals surface area contributed by atoms with Crippen molar-refractivity contribution >= 4 is 17.0 Å². The summed E-state index contributed by atoms with van der Waals surface area (Å²) in [7, 11) is 0. The number of hydrogen-bond donors (Lipinski definition) is 0. The molecular formula is C27H18N2O. The molecule has 3 nitrogen and oxygen atoms in total. The molecule has 142 valence electrons. The van der Waals surface area contributed by atoms with Crippen LogP contribution >= 0.6 is 0 Å². The first kappa shape index (κ1) is 17.9. The summed E-state index contributed by atoms with van der Waals surface area (Å²) in [5.41, 5.74) is 3.48. The highest BCUT2D eigenvalue weighted by Gasteiger charge is 2.32. The lowest BCUT2D eigenvalue weighted by molar-refractivity contribution is 0.400. The monoisotopic (exact) mass is 386 g/mol. The number of allylic oxidation sites excluding steroid dienone is 1. The van der Waals surface area contributed by atoms with Gasteiger partial charge in [0, 0.05) is 17.2 Å². The Kier molecular flexibility index (Phi) is 4.59. The van der Waals surface area contributed by atoms with Gasteiger partial charge in [-0.2, -0.15) is 5.26 Å². The summed E-state index contributed by atoms with van der Waals surface area (Å²) < 4.78 is 6.28. The van der Waals surface area contributed by atoms with E-state index >= 15 is 0 Å². The number of rotatable bonds is 3. The van der Waals surface area contributed by atoms with Gasteiger partial charge in [0.1, 0.15) is 17.4 Å². The second-order valence-corrected chi connectivity index (χ2v) is 7.15. The maximum absolute atomic E-state index is 10.1. The van der Waals surface area contributed by atoms with E-state index < -0.39 is 0 Å². The van der Waals surface area contributed by atoms with Crippen molar-refractivity contribution in [1.29, 1.82) is 5.26 Å². The fraction of sp³-hybridized carbons (Fsp3) is 0.0370. The molecule has 0 amide bonds. The molecule has 1 heterocycles. The van der Waals surface area contributed by atoms with Gasteiger partial charge in [0.15, 0.2) is 0 Å². The number of benzene rings is 4. The number of fused-ring (bicyclic) bond motifs is 3. The van der Waals surface area contributed by atoms with Gasteiger partial charge in [0.25, 0.3) is 0 Å². The van der Waals surface area contributed by atoms with E-state index in [9.17, 15) is 5.26 Å². The lowest BCUT2D eigenvalue weighted by Gasteiger charge is -2.27. The van der Waals surface area contributed by atoms with Crippen LogP contribution in [0.4, 0.5) is 0 Å². The van der Waals surface area contributed by atoms with Crippen LogP contribution in [0.2, 0.25) is 0 Å². The van der Waals surface area contributed by atoms with E-state index in [4.69, 9.17) is 4.74 Å². The predicted octanol–water partition coefficient (Wildman–Crippen LogP) is 6.22. The van der Waals surface area contributed by atoms with Crippen molar-refractivity contribution in [3.8, 4) is 11.8 Å². The van der Waals surface area contributed by atoms with E-state index in [2.05, 4.69) is 29.3 Å². The number of ether oxygens (including phenoxy) is 1. The highest BCUT2D eigenvalue weighted by Crippen LogP contribution is 2.46. The van der Waals surface area contributed by atoms with Gasteiger partial charge >= 0.3 is 0 Å². The molecule has 0 fully saturated rings. The van der Waals surface area contributed by atoms with Crippen LogP contribution in [-0.2, 0) is 0 Å². The van der Waals surface area contributed by atoms with Crippen molar-refractivity contribution in [2.24, 2.45) is 4.99 Å². The Morgan fingerprint density at radius 2 is 1.50 bits per heavy atom.